The van der Waals surface area contributed by atoms with E-state index in [1.165, 1.54) is 0 Å². The Bertz CT molecular complexity index is 472. The lowest BCUT2D eigenvalue weighted by molar-refractivity contribution is 0.400. The van der Waals surface area contributed by atoms with Crippen molar-refractivity contribution in [3.8, 4) is 0 Å². The highest BCUT2D eigenvalue weighted by atomic mass is 32.2. The topological polar surface area (TPSA) is 80.4 Å². The first-order valence-electron chi connectivity index (χ1n) is 6.44. The van der Waals surface area contributed by atoms with Crippen LogP contribution >= 0.6 is 0 Å². The highest BCUT2D eigenvalue weighted by molar-refractivity contribution is 7.89. The normalized spacial score (nSPS) is 12.3. The third kappa shape index (κ3) is 4.61. The number of sulfonamides is 1. The van der Waals surface area contributed by atoms with E-state index in [1.807, 2.05) is 30.5 Å². The van der Waals surface area contributed by atoms with E-state index in [-0.39, 0.29) is 0 Å². The number of aromatic nitrogens is 1. The summed E-state index contributed by atoms with van der Waals surface area (Å²) < 4.78 is 28.7. The average Bonchev–Trinajstić information content (AvgIpc) is 2.78. The lowest BCUT2D eigenvalue weighted by atomic mass is 10.4. The van der Waals surface area contributed by atoms with Gasteiger partial charge in [0, 0.05) is 31.5 Å². The quantitative estimate of drug-likeness (QED) is 0.670. The summed E-state index contributed by atoms with van der Waals surface area (Å²) in [5, 5.41) is 0. The molecule has 1 aromatic rings. The van der Waals surface area contributed by atoms with Crippen molar-refractivity contribution in [2.24, 2.45) is 5.73 Å². The molecule has 0 aromatic carbocycles. The molecule has 0 atom stereocenters. The molecule has 0 saturated carbocycles. The van der Waals surface area contributed by atoms with Crippen LogP contribution in [-0.4, -0.2) is 45.1 Å². The second-order valence-electron chi connectivity index (χ2n) is 4.71. The second kappa shape index (κ2) is 7.04. The molecule has 1 aromatic heterocycles. The number of nitrogens with one attached hydrogen (secondary N) is 1. The van der Waals surface area contributed by atoms with Crippen molar-refractivity contribution in [3.05, 3.63) is 18.0 Å². The first-order valence-corrected chi connectivity index (χ1v) is 7.92. The van der Waals surface area contributed by atoms with Gasteiger partial charge in [0.15, 0.2) is 0 Å². The van der Waals surface area contributed by atoms with Crippen LogP contribution in [0.3, 0.4) is 0 Å². The van der Waals surface area contributed by atoms with Crippen LogP contribution in [0.4, 0.5) is 0 Å². The molecule has 7 heteroatoms. The molecule has 0 amide bonds. The first kappa shape index (κ1) is 16.2. The maximum atomic E-state index is 12.1. The molecule has 3 N–H and O–H groups in total. The first-order chi connectivity index (χ1) is 8.90. The summed E-state index contributed by atoms with van der Waals surface area (Å²) >= 11 is 0. The molecule has 1 rings (SSSR count). The van der Waals surface area contributed by atoms with E-state index in [1.54, 1.807) is 12.3 Å². The van der Waals surface area contributed by atoms with Crippen LogP contribution in [0.1, 0.15) is 19.0 Å². The summed E-state index contributed by atoms with van der Waals surface area (Å²) in [4.78, 5) is 2.31. The molecule has 0 aliphatic rings. The maximum Gasteiger partial charge on any atom is 0.242 e. The Hall–Kier alpha value is -0.890. The Balaban J connectivity index is 2.69. The molecule has 1 heterocycles. The van der Waals surface area contributed by atoms with Gasteiger partial charge in [0.25, 0.3) is 0 Å². The van der Waals surface area contributed by atoms with Gasteiger partial charge < -0.3 is 15.2 Å². The Labute approximate surface area is 115 Å². The maximum absolute atomic E-state index is 12.1. The Morgan fingerprint density at radius 1 is 1.42 bits per heavy atom. The van der Waals surface area contributed by atoms with E-state index in [4.69, 9.17) is 5.73 Å². The number of rotatable bonds is 8. The van der Waals surface area contributed by atoms with Crippen LogP contribution in [-0.2, 0) is 23.1 Å². The van der Waals surface area contributed by atoms with Crippen molar-refractivity contribution in [1.29, 1.82) is 0 Å². The third-order valence-corrected chi connectivity index (χ3v) is 4.32. The molecule has 0 radical (unpaired) electrons. The summed E-state index contributed by atoms with van der Waals surface area (Å²) in [6.45, 7) is 4.30. The van der Waals surface area contributed by atoms with Gasteiger partial charge in [0.2, 0.25) is 10.0 Å². The van der Waals surface area contributed by atoms with Crippen LogP contribution in [0.2, 0.25) is 0 Å². The minimum Gasteiger partial charge on any atom is -0.349 e. The van der Waals surface area contributed by atoms with Crippen molar-refractivity contribution in [2.75, 3.05) is 27.2 Å². The van der Waals surface area contributed by atoms with Gasteiger partial charge in [-0.3, -0.25) is 0 Å². The van der Waals surface area contributed by atoms with Crippen LogP contribution in [0, 0.1) is 0 Å². The number of nitrogens with two attached hydrogens (primary N) is 1. The molecule has 0 aliphatic heterocycles. The zero-order valence-electron chi connectivity index (χ0n) is 11.9. The Morgan fingerprint density at radius 3 is 2.58 bits per heavy atom. The number of nitrogens with zero attached hydrogens (tertiary/aromatic N) is 2. The lowest BCUT2D eigenvalue weighted by Crippen LogP contribution is -2.27. The zero-order valence-corrected chi connectivity index (χ0v) is 12.7. The van der Waals surface area contributed by atoms with Crippen LogP contribution < -0.4 is 10.5 Å². The van der Waals surface area contributed by atoms with Crippen molar-refractivity contribution in [3.63, 3.8) is 0 Å². The van der Waals surface area contributed by atoms with Crippen molar-refractivity contribution >= 4 is 10.0 Å². The second-order valence-corrected chi connectivity index (χ2v) is 6.48. The van der Waals surface area contributed by atoms with Crippen LogP contribution in [0.15, 0.2) is 17.2 Å². The minimum absolute atomic E-state index is 0.291. The van der Waals surface area contributed by atoms with Gasteiger partial charge in [-0.05, 0) is 40.1 Å². The van der Waals surface area contributed by atoms with Gasteiger partial charge in [-0.25, -0.2) is 13.1 Å². The van der Waals surface area contributed by atoms with Gasteiger partial charge >= 0.3 is 0 Å². The Morgan fingerprint density at radius 2 is 2.11 bits per heavy atom. The van der Waals surface area contributed by atoms with E-state index < -0.39 is 10.0 Å². The number of hydrogen-bond acceptors (Lipinski definition) is 4. The summed E-state index contributed by atoms with van der Waals surface area (Å²) in [5.74, 6) is 0. The van der Waals surface area contributed by atoms with Gasteiger partial charge in [-0.2, -0.15) is 0 Å². The Kier molecular flexibility index (Phi) is 5.99. The summed E-state index contributed by atoms with van der Waals surface area (Å²) in [6, 6.07) is 1.64. The third-order valence-electron chi connectivity index (χ3n) is 2.90. The number of aryl methyl sites for hydroxylation is 1. The van der Waals surface area contributed by atoms with Crippen LogP contribution in [0.25, 0.3) is 0 Å². The average molecular weight is 288 g/mol. The van der Waals surface area contributed by atoms with Gasteiger partial charge in [0.1, 0.15) is 0 Å². The molecule has 110 valence electrons. The fraction of sp³-hybridized carbons (Fsp3) is 0.667. The fourth-order valence-electron chi connectivity index (χ4n) is 1.82. The van der Waals surface area contributed by atoms with E-state index in [0.29, 0.717) is 24.5 Å². The van der Waals surface area contributed by atoms with Crippen LogP contribution in [0.5, 0.6) is 0 Å². The zero-order chi connectivity index (χ0) is 14.5. The molecule has 0 spiro atoms. The fourth-order valence-corrected chi connectivity index (χ4v) is 2.96. The molecule has 6 nitrogen and oxygen atoms in total. The SMILES string of the molecule is CCn1cc(S(=O)(=O)NCCCN(C)C)cc1CN. The molecule has 0 aliphatic carbocycles. The van der Waals surface area contributed by atoms with E-state index in [0.717, 1.165) is 18.7 Å². The lowest BCUT2D eigenvalue weighted by Gasteiger charge is -2.09. The van der Waals surface area contributed by atoms with Gasteiger partial charge in [0.05, 0.1) is 4.90 Å². The summed E-state index contributed by atoms with van der Waals surface area (Å²) in [7, 11) is 0.498. The van der Waals surface area contributed by atoms with Crippen molar-refractivity contribution < 1.29 is 8.42 Å². The smallest absolute Gasteiger partial charge is 0.242 e. The molecular weight excluding hydrogens is 264 g/mol. The van der Waals surface area contributed by atoms with Crippen molar-refractivity contribution in [1.82, 2.24) is 14.2 Å². The monoisotopic (exact) mass is 288 g/mol. The predicted octanol–water partition coefficient (Wildman–Crippen LogP) is 0.197. The highest BCUT2D eigenvalue weighted by Crippen LogP contribution is 2.14. The summed E-state index contributed by atoms with van der Waals surface area (Å²) in [6.07, 6.45) is 2.42. The van der Waals surface area contributed by atoms with Crippen molar-refractivity contribution in [2.45, 2.75) is 31.3 Å². The molecule has 0 bridgehead atoms. The highest BCUT2D eigenvalue weighted by Gasteiger charge is 2.17. The van der Waals surface area contributed by atoms with Gasteiger partial charge in [-0.15, -0.1) is 0 Å². The summed E-state index contributed by atoms with van der Waals surface area (Å²) in [5.41, 5.74) is 6.43. The van der Waals surface area contributed by atoms with E-state index in [2.05, 4.69) is 4.72 Å². The van der Waals surface area contributed by atoms with E-state index >= 15 is 0 Å². The van der Waals surface area contributed by atoms with Gasteiger partial charge in [-0.1, -0.05) is 0 Å². The predicted molar refractivity (Wildman–Crippen MR) is 76.4 cm³/mol. The molecule has 0 unspecified atom stereocenters. The van der Waals surface area contributed by atoms with E-state index in [9.17, 15) is 8.42 Å². The molecule has 0 fully saturated rings. The molecular formula is C12H24N4O2S. The largest absolute Gasteiger partial charge is 0.349 e. The molecule has 0 saturated heterocycles. The standard InChI is InChI=1S/C12H24N4O2S/c1-4-16-10-12(8-11(16)9-13)19(17,18)14-6-5-7-15(2)3/h8,10,14H,4-7,9,13H2,1-3H3. The molecule has 19 heavy (non-hydrogen) atoms. The minimum atomic E-state index is -3.42. The number of hydrogen-bond donors (Lipinski definition) is 2.